The zero-order valence-corrected chi connectivity index (χ0v) is 22.8. The topological polar surface area (TPSA) is 0 Å². The van der Waals surface area contributed by atoms with Gasteiger partial charge in [0.2, 0.25) is 0 Å². The van der Waals surface area contributed by atoms with Gasteiger partial charge in [-0.15, -0.1) is 0 Å². The molecule has 0 N–H and O–H groups in total. The third kappa shape index (κ3) is 20.3. The number of hydrogen-bond acceptors (Lipinski definition) is 0. The highest BCUT2D eigenvalue weighted by Gasteiger charge is 2.19. The molecule has 188 valence electrons. The predicted molar refractivity (Wildman–Crippen MR) is 144 cm³/mol. The van der Waals surface area contributed by atoms with Gasteiger partial charge in [-0.05, 0) is 33.6 Å². The van der Waals surface area contributed by atoms with E-state index in [0.29, 0.717) is 0 Å². The van der Waals surface area contributed by atoms with Gasteiger partial charge in [-0.3, -0.25) is 0 Å². The Balaban J connectivity index is 3.16. The van der Waals surface area contributed by atoms with Gasteiger partial charge in [-0.1, -0.05) is 135 Å². The number of nitrogens with zero attached hydrogens (tertiary/aromatic N) is 1. The van der Waals surface area contributed by atoms with Gasteiger partial charge in [0, 0.05) is 0 Å². The first-order valence-corrected chi connectivity index (χ1v) is 15.1. The van der Waals surface area contributed by atoms with Crippen LogP contribution < -0.4 is 0 Å². The Bertz CT molecular complexity index is 312. The Labute approximate surface area is 199 Å². The quantitative estimate of drug-likeness (QED) is 0.0930. The van der Waals surface area contributed by atoms with Crippen molar-refractivity contribution in [2.45, 2.75) is 169 Å². The third-order valence-electron chi connectivity index (χ3n) is 8.00. The molecular formula is C30H64N+. The van der Waals surface area contributed by atoms with Gasteiger partial charge in [0.1, 0.15) is 0 Å². The Morgan fingerprint density at radius 2 is 0.516 bits per heavy atom. The van der Waals surface area contributed by atoms with Crippen LogP contribution in [0.5, 0.6) is 0 Å². The van der Waals surface area contributed by atoms with E-state index in [1.54, 1.807) is 0 Å². The highest BCUT2D eigenvalue weighted by atomic mass is 15.3. The molecule has 0 amide bonds. The maximum Gasteiger partial charge on any atom is 0.0786 e. The summed E-state index contributed by atoms with van der Waals surface area (Å²) in [7, 11) is 0. The first-order valence-electron chi connectivity index (χ1n) is 15.1. The maximum absolute atomic E-state index is 2.37. The first kappa shape index (κ1) is 31.0. The molecule has 0 heterocycles. The fraction of sp³-hybridized carbons (Fsp3) is 1.00. The number of unbranched alkanes of at least 4 members (excludes halogenated alkanes) is 21. The molecule has 0 atom stereocenters. The number of hydrogen-bond donors (Lipinski definition) is 0. The summed E-state index contributed by atoms with van der Waals surface area (Å²) in [6, 6.07) is 0. The fourth-order valence-electron chi connectivity index (χ4n) is 5.20. The normalized spacial score (nSPS) is 12.0. The molecule has 0 saturated carbocycles. The van der Waals surface area contributed by atoms with E-state index in [4.69, 9.17) is 0 Å². The van der Waals surface area contributed by atoms with Gasteiger partial charge in [0.25, 0.3) is 0 Å². The lowest BCUT2D eigenvalue weighted by molar-refractivity contribution is -0.923. The summed E-state index contributed by atoms with van der Waals surface area (Å²) in [6.45, 7) is 14.7. The molecule has 0 rings (SSSR count). The SMILES string of the molecule is CCCCCCCCCCCCCCCCCCCCCCCC[N+](CC)(CC)CC. The van der Waals surface area contributed by atoms with Crippen LogP contribution in [-0.4, -0.2) is 30.7 Å². The Kier molecular flexibility index (Phi) is 24.6. The van der Waals surface area contributed by atoms with Crippen molar-refractivity contribution in [1.82, 2.24) is 0 Å². The minimum atomic E-state index is 1.31. The standard InChI is InChI=1S/C30H64N/c1-5-9-10-11-12-13-14-15-16-17-18-19-20-21-22-23-24-25-26-27-28-29-30-31(6-2,7-3)8-4/h5-30H2,1-4H3/q+1. The van der Waals surface area contributed by atoms with Crippen LogP contribution >= 0.6 is 0 Å². The minimum absolute atomic E-state index is 1.31. The molecule has 0 saturated heterocycles. The first-order chi connectivity index (χ1) is 15.2. The summed E-state index contributed by atoms with van der Waals surface area (Å²) in [4.78, 5) is 0. The smallest absolute Gasteiger partial charge is 0.0786 e. The lowest BCUT2D eigenvalue weighted by atomic mass is 10.0. The second-order valence-electron chi connectivity index (χ2n) is 10.4. The Morgan fingerprint density at radius 1 is 0.290 bits per heavy atom. The van der Waals surface area contributed by atoms with Gasteiger partial charge in [0.15, 0.2) is 0 Å². The van der Waals surface area contributed by atoms with Crippen molar-refractivity contribution in [1.29, 1.82) is 0 Å². The fourth-order valence-corrected chi connectivity index (χ4v) is 5.20. The average Bonchev–Trinajstić information content (AvgIpc) is 2.80. The van der Waals surface area contributed by atoms with Crippen molar-refractivity contribution in [3.05, 3.63) is 0 Å². The van der Waals surface area contributed by atoms with Gasteiger partial charge < -0.3 is 4.48 Å². The highest BCUT2D eigenvalue weighted by Crippen LogP contribution is 2.16. The molecule has 1 heteroatoms. The van der Waals surface area contributed by atoms with Gasteiger partial charge in [-0.25, -0.2) is 0 Å². The summed E-state index contributed by atoms with van der Waals surface area (Å²) >= 11 is 0. The van der Waals surface area contributed by atoms with Crippen LogP contribution in [0.25, 0.3) is 0 Å². The molecule has 0 aliphatic carbocycles. The van der Waals surface area contributed by atoms with Crippen LogP contribution in [0.4, 0.5) is 0 Å². The zero-order valence-electron chi connectivity index (χ0n) is 22.8. The van der Waals surface area contributed by atoms with E-state index < -0.39 is 0 Å². The molecule has 0 aliphatic heterocycles. The minimum Gasteiger partial charge on any atom is -0.324 e. The number of quaternary nitrogens is 1. The summed E-state index contributed by atoms with van der Waals surface area (Å²) in [6.07, 6.45) is 32.4. The van der Waals surface area contributed by atoms with Gasteiger partial charge in [0.05, 0.1) is 26.2 Å². The molecule has 0 aromatic carbocycles. The van der Waals surface area contributed by atoms with Crippen LogP contribution in [-0.2, 0) is 0 Å². The molecule has 0 aromatic heterocycles. The molecule has 1 nitrogen and oxygen atoms in total. The Morgan fingerprint density at radius 3 is 0.742 bits per heavy atom. The van der Waals surface area contributed by atoms with Crippen LogP contribution in [0.1, 0.15) is 169 Å². The van der Waals surface area contributed by atoms with E-state index in [1.165, 1.54) is 172 Å². The highest BCUT2D eigenvalue weighted by molar-refractivity contribution is 4.51. The van der Waals surface area contributed by atoms with E-state index >= 15 is 0 Å². The summed E-state index contributed by atoms with van der Waals surface area (Å²) in [5, 5.41) is 0. The van der Waals surface area contributed by atoms with Gasteiger partial charge >= 0.3 is 0 Å². The zero-order chi connectivity index (χ0) is 22.9. The van der Waals surface area contributed by atoms with Crippen molar-refractivity contribution >= 4 is 0 Å². The van der Waals surface area contributed by atoms with Crippen molar-refractivity contribution in [3.63, 3.8) is 0 Å². The van der Waals surface area contributed by atoms with E-state index in [-0.39, 0.29) is 0 Å². The molecule has 0 aromatic rings. The molecule has 0 radical (unpaired) electrons. The Hall–Kier alpha value is -0.0400. The van der Waals surface area contributed by atoms with Crippen LogP contribution in [0.15, 0.2) is 0 Å². The third-order valence-corrected chi connectivity index (χ3v) is 8.00. The molecule has 31 heavy (non-hydrogen) atoms. The molecule has 0 unspecified atom stereocenters. The van der Waals surface area contributed by atoms with Crippen molar-refractivity contribution in [3.8, 4) is 0 Å². The van der Waals surface area contributed by atoms with Crippen LogP contribution in [0.2, 0.25) is 0 Å². The predicted octanol–water partition coefficient (Wildman–Crippen LogP) is 10.5. The van der Waals surface area contributed by atoms with Gasteiger partial charge in [-0.2, -0.15) is 0 Å². The largest absolute Gasteiger partial charge is 0.324 e. The lowest BCUT2D eigenvalue weighted by Gasteiger charge is -2.35. The van der Waals surface area contributed by atoms with E-state index in [2.05, 4.69) is 27.7 Å². The molecule has 0 bridgehead atoms. The van der Waals surface area contributed by atoms with E-state index in [1.807, 2.05) is 0 Å². The van der Waals surface area contributed by atoms with Crippen molar-refractivity contribution < 1.29 is 4.48 Å². The summed E-state index contributed by atoms with van der Waals surface area (Å²) < 4.78 is 1.33. The second kappa shape index (κ2) is 24.6. The molecule has 0 aliphatic rings. The summed E-state index contributed by atoms with van der Waals surface area (Å²) in [5.74, 6) is 0. The van der Waals surface area contributed by atoms with Crippen LogP contribution in [0, 0.1) is 0 Å². The molecular weight excluding hydrogens is 374 g/mol. The van der Waals surface area contributed by atoms with E-state index in [0.717, 1.165) is 0 Å². The monoisotopic (exact) mass is 439 g/mol. The molecule has 0 spiro atoms. The lowest BCUT2D eigenvalue weighted by Crippen LogP contribution is -2.48. The number of rotatable bonds is 26. The van der Waals surface area contributed by atoms with Crippen molar-refractivity contribution in [2.75, 3.05) is 26.2 Å². The average molecular weight is 439 g/mol. The van der Waals surface area contributed by atoms with E-state index in [9.17, 15) is 0 Å². The van der Waals surface area contributed by atoms with Crippen LogP contribution in [0.3, 0.4) is 0 Å². The second-order valence-corrected chi connectivity index (χ2v) is 10.4. The maximum atomic E-state index is 2.37. The molecule has 0 fully saturated rings. The van der Waals surface area contributed by atoms with Crippen molar-refractivity contribution in [2.24, 2.45) is 0 Å². The summed E-state index contributed by atoms with van der Waals surface area (Å²) in [5.41, 5.74) is 0.